The molecule has 0 atom stereocenters. The van der Waals surface area contributed by atoms with E-state index >= 15 is 0 Å². The van der Waals surface area contributed by atoms with Gasteiger partial charge in [0, 0.05) is 38.9 Å². The molecule has 2 rings (SSSR count). The second-order valence-corrected chi connectivity index (χ2v) is 4.53. The maximum Gasteiger partial charge on any atom is 0.272 e. The van der Waals surface area contributed by atoms with E-state index in [0.717, 1.165) is 18.7 Å². The molecule has 0 spiro atoms. The van der Waals surface area contributed by atoms with Gasteiger partial charge in [-0.1, -0.05) is 6.07 Å². The van der Waals surface area contributed by atoms with Crippen molar-refractivity contribution < 1.29 is 9.90 Å². The molecule has 18 heavy (non-hydrogen) atoms. The predicted octanol–water partition coefficient (Wildman–Crippen LogP) is 0.140. The zero-order chi connectivity index (χ0) is 13.0. The Morgan fingerprint density at radius 2 is 2.11 bits per heavy atom. The Morgan fingerprint density at radius 1 is 1.39 bits per heavy atom. The van der Waals surface area contributed by atoms with Crippen LogP contribution in [-0.2, 0) is 0 Å². The molecule has 0 aliphatic carbocycles. The van der Waals surface area contributed by atoms with Crippen molar-refractivity contribution in [1.29, 1.82) is 0 Å². The van der Waals surface area contributed by atoms with Crippen molar-refractivity contribution in [2.45, 2.75) is 6.92 Å². The summed E-state index contributed by atoms with van der Waals surface area (Å²) in [5.74, 6) is 0.0109. The van der Waals surface area contributed by atoms with Gasteiger partial charge < -0.3 is 10.0 Å². The molecular formula is C13H19N3O2. The van der Waals surface area contributed by atoms with E-state index in [9.17, 15) is 4.79 Å². The van der Waals surface area contributed by atoms with E-state index < -0.39 is 0 Å². The molecule has 2 heterocycles. The summed E-state index contributed by atoms with van der Waals surface area (Å²) >= 11 is 0. The third-order valence-electron chi connectivity index (χ3n) is 3.29. The van der Waals surface area contributed by atoms with Gasteiger partial charge in [0.2, 0.25) is 0 Å². The quantitative estimate of drug-likeness (QED) is 0.828. The van der Waals surface area contributed by atoms with Crippen LogP contribution in [0.5, 0.6) is 0 Å². The summed E-state index contributed by atoms with van der Waals surface area (Å²) in [5.41, 5.74) is 1.47. The number of aliphatic hydroxyl groups excluding tert-OH is 1. The number of β-amino-alcohol motifs (C(OH)–C–C–N with tert-alkyl or cyclic N) is 1. The lowest BCUT2D eigenvalue weighted by atomic mass is 10.2. The summed E-state index contributed by atoms with van der Waals surface area (Å²) in [6.45, 7) is 5.81. The Labute approximate surface area is 107 Å². The summed E-state index contributed by atoms with van der Waals surface area (Å²) in [5, 5.41) is 8.88. The van der Waals surface area contributed by atoms with Crippen LogP contribution in [0.4, 0.5) is 0 Å². The van der Waals surface area contributed by atoms with Crippen molar-refractivity contribution in [1.82, 2.24) is 14.8 Å². The van der Waals surface area contributed by atoms with Crippen LogP contribution in [0.1, 0.15) is 16.1 Å². The molecule has 0 saturated carbocycles. The van der Waals surface area contributed by atoms with E-state index in [1.165, 1.54) is 0 Å². The van der Waals surface area contributed by atoms with Crippen molar-refractivity contribution >= 4 is 5.91 Å². The number of aliphatic hydroxyl groups is 1. The van der Waals surface area contributed by atoms with Crippen molar-refractivity contribution in [2.24, 2.45) is 0 Å². The molecule has 5 heteroatoms. The molecule has 1 aromatic heterocycles. The van der Waals surface area contributed by atoms with E-state index in [-0.39, 0.29) is 12.5 Å². The second kappa shape index (κ2) is 5.93. The van der Waals surface area contributed by atoms with Crippen LogP contribution < -0.4 is 0 Å². The first-order valence-electron chi connectivity index (χ1n) is 6.26. The topological polar surface area (TPSA) is 56.7 Å². The summed E-state index contributed by atoms with van der Waals surface area (Å²) < 4.78 is 0. The van der Waals surface area contributed by atoms with E-state index in [0.29, 0.717) is 25.3 Å². The fraction of sp³-hybridized carbons (Fsp3) is 0.538. The number of aromatic nitrogens is 1. The average molecular weight is 249 g/mol. The van der Waals surface area contributed by atoms with Gasteiger partial charge in [0.25, 0.3) is 5.91 Å². The number of nitrogens with zero attached hydrogens (tertiary/aromatic N) is 3. The van der Waals surface area contributed by atoms with Crippen molar-refractivity contribution in [2.75, 3.05) is 39.3 Å². The molecule has 0 aromatic carbocycles. The highest BCUT2D eigenvalue weighted by molar-refractivity contribution is 5.93. The number of rotatable bonds is 3. The highest BCUT2D eigenvalue weighted by Gasteiger charge is 2.23. The Hall–Kier alpha value is -1.46. The van der Waals surface area contributed by atoms with E-state index in [1.54, 1.807) is 6.20 Å². The molecule has 1 aromatic rings. The standard InChI is InChI=1S/C13H19N3O2/c1-11-3-2-4-14-12(11)13(18)16-7-5-15(6-8-16)9-10-17/h2-4,17H,5-10H2,1H3. The smallest absolute Gasteiger partial charge is 0.272 e. The summed E-state index contributed by atoms with van der Waals surface area (Å²) in [7, 11) is 0. The number of carbonyl (C=O) groups excluding carboxylic acids is 1. The molecule has 0 unspecified atom stereocenters. The molecule has 1 aliphatic heterocycles. The SMILES string of the molecule is Cc1cccnc1C(=O)N1CCN(CCO)CC1. The monoisotopic (exact) mass is 249 g/mol. The largest absolute Gasteiger partial charge is 0.395 e. The van der Waals surface area contributed by atoms with Gasteiger partial charge in [0.05, 0.1) is 6.61 Å². The van der Waals surface area contributed by atoms with Gasteiger partial charge >= 0.3 is 0 Å². The van der Waals surface area contributed by atoms with Gasteiger partial charge in [-0.25, -0.2) is 0 Å². The number of piperazine rings is 1. The first kappa shape index (κ1) is 13.0. The minimum Gasteiger partial charge on any atom is -0.395 e. The minimum absolute atomic E-state index is 0.0109. The van der Waals surface area contributed by atoms with Gasteiger partial charge in [0.1, 0.15) is 5.69 Å². The van der Waals surface area contributed by atoms with E-state index in [4.69, 9.17) is 5.11 Å². The lowest BCUT2D eigenvalue weighted by Crippen LogP contribution is -2.49. The highest BCUT2D eigenvalue weighted by atomic mass is 16.3. The third-order valence-corrected chi connectivity index (χ3v) is 3.29. The normalized spacial score (nSPS) is 16.9. The molecule has 98 valence electrons. The minimum atomic E-state index is 0.0109. The van der Waals surface area contributed by atoms with Gasteiger partial charge in [-0.15, -0.1) is 0 Å². The van der Waals surface area contributed by atoms with Crippen molar-refractivity contribution in [3.8, 4) is 0 Å². The first-order valence-corrected chi connectivity index (χ1v) is 6.26. The summed E-state index contributed by atoms with van der Waals surface area (Å²) in [4.78, 5) is 20.4. The predicted molar refractivity (Wildman–Crippen MR) is 68.4 cm³/mol. The van der Waals surface area contributed by atoms with Crippen molar-refractivity contribution in [3.63, 3.8) is 0 Å². The number of hydrogen-bond acceptors (Lipinski definition) is 4. The lowest BCUT2D eigenvalue weighted by molar-refractivity contribution is 0.0608. The third kappa shape index (κ3) is 2.86. The maximum absolute atomic E-state index is 12.3. The molecule has 1 fully saturated rings. The number of hydrogen-bond donors (Lipinski definition) is 1. The molecular weight excluding hydrogens is 230 g/mol. The van der Waals surface area contributed by atoms with Crippen LogP contribution >= 0.6 is 0 Å². The summed E-state index contributed by atoms with van der Waals surface area (Å²) in [6.07, 6.45) is 1.66. The Balaban J connectivity index is 1.98. The summed E-state index contributed by atoms with van der Waals surface area (Å²) in [6, 6.07) is 3.74. The zero-order valence-electron chi connectivity index (χ0n) is 10.7. The van der Waals surface area contributed by atoms with Crippen LogP contribution in [-0.4, -0.2) is 65.1 Å². The molecule has 1 aliphatic rings. The number of amides is 1. The Morgan fingerprint density at radius 3 is 2.72 bits per heavy atom. The van der Waals surface area contributed by atoms with Crippen molar-refractivity contribution in [3.05, 3.63) is 29.6 Å². The van der Waals surface area contributed by atoms with Crippen LogP contribution in [0.15, 0.2) is 18.3 Å². The first-order chi connectivity index (χ1) is 8.72. The second-order valence-electron chi connectivity index (χ2n) is 4.53. The molecule has 1 amide bonds. The number of aryl methyl sites for hydroxylation is 1. The highest BCUT2D eigenvalue weighted by Crippen LogP contribution is 2.10. The maximum atomic E-state index is 12.3. The molecule has 0 radical (unpaired) electrons. The fourth-order valence-corrected chi connectivity index (χ4v) is 2.18. The van der Waals surface area contributed by atoms with Gasteiger partial charge in [-0.05, 0) is 18.6 Å². The zero-order valence-corrected chi connectivity index (χ0v) is 10.7. The Kier molecular flexibility index (Phi) is 4.28. The van der Waals surface area contributed by atoms with Gasteiger partial charge in [-0.2, -0.15) is 0 Å². The lowest BCUT2D eigenvalue weighted by Gasteiger charge is -2.34. The molecule has 5 nitrogen and oxygen atoms in total. The van der Waals surface area contributed by atoms with E-state index in [2.05, 4.69) is 9.88 Å². The average Bonchev–Trinajstić information content (AvgIpc) is 2.40. The van der Waals surface area contributed by atoms with Gasteiger partial charge in [0.15, 0.2) is 0 Å². The van der Waals surface area contributed by atoms with Crippen LogP contribution in [0.25, 0.3) is 0 Å². The molecule has 1 saturated heterocycles. The van der Waals surface area contributed by atoms with Gasteiger partial charge in [-0.3, -0.25) is 14.7 Å². The molecule has 1 N–H and O–H groups in total. The number of carbonyl (C=O) groups is 1. The van der Waals surface area contributed by atoms with Crippen LogP contribution in [0.3, 0.4) is 0 Å². The van der Waals surface area contributed by atoms with Crippen LogP contribution in [0.2, 0.25) is 0 Å². The fourth-order valence-electron chi connectivity index (χ4n) is 2.18. The van der Waals surface area contributed by atoms with Crippen LogP contribution in [0, 0.1) is 6.92 Å². The Bertz CT molecular complexity index is 414. The van der Waals surface area contributed by atoms with E-state index in [1.807, 2.05) is 24.0 Å². The number of pyridine rings is 1. The molecule has 0 bridgehead atoms.